The quantitative estimate of drug-likeness (QED) is 0.785. The fourth-order valence-corrected chi connectivity index (χ4v) is 3.78. The molecule has 1 N–H and O–H groups in total. The Bertz CT molecular complexity index is 903. The third kappa shape index (κ3) is 5.72. The van der Waals surface area contributed by atoms with Crippen LogP contribution < -0.4 is 14.4 Å². The smallest absolute Gasteiger partial charge is 0.245 e. The number of aryl methyl sites for hydroxylation is 2. The minimum atomic E-state index is -3.63. The molecule has 6 nitrogen and oxygen atoms in total. The Hall–Kier alpha value is -2.54. The molecule has 1 amide bonds. The Balaban J connectivity index is 2.23. The summed E-state index contributed by atoms with van der Waals surface area (Å²) in [5, 5.41) is 2.74. The maximum absolute atomic E-state index is 12.5. The maximum Gasteiger partial charge on any atom is 0.245 e. The number of amides is 1. The van der Waals surface area contributed by atoms with E-state index < -0.39 is 15.9 Å². The summed E-state index contributed by atoms with van der Waals surface area (Å²) in [6.07, 6.45) is 1.12. The van der Waals surface area contributed by atoms with Crippen molar-refractivity contribution in [1.82, 2.24) is 0 Å². The highest BCUT2D eigenvalue weighted by atomic mass is 32.2. The third-order valence-electron chi connectivity index (χ3n) is 3.87. The van der Waals surface area contributed by atoms with Gasteiger partial charge in [0, 0.05) is 11.8 Å². The summed E-state index contributed by atoms with van der Waals surface area (Å²) in [6, 6.07) is 12.5. The number of benzene rings is 2. The lowest BCUT2D eigenvalue weighted by atomic mass is 10.1. The highest BCUT2D eigenvalue weighted by molar-refractivity contribution is 7.92. The molecule has 0 saturated carbocycles. The minimum Gasteiger partial charge on any atom is -0.491 e. The molecule has 0 heterocycles. The second kappa shape index (κ2) is 8.43. The Kier molecular flexibility index (Phi) is 6.49. The van der Waals surface area contributed by atoms with Crippen molar-refractivity contribution >= 4 is 27.3 Å². The van der Waals surface area contributed by atoms with Crippen molar-refractivity contribution in [2.45, 2.75) is 33.8 Å². The van der Waals surface area contributed by atoms with E-state index in [4.69, 9.17) is 4.74 Å². The fourth-order valence-electron chi connectivity index (χ4n) is 2.81. The number of rotatable bonds is 7. The Morgan fingerprint density at radius 3 is 2.26 bits per heavy atom. The molecule has 0 saturated heterocycles. The van der Waals surface area contributed by atoms with Gasteiger partial charge in [-0.2, -0.15) is 0 Å². The molecule has 7 heteroatoms. The first-order valence-corrected chi connectivity index (χ1v) is 10.5. The van der Waals surface area contributed by atoms with Gasteiger partial charge in [0.1, 0.15) is 12.3 Å². The SMILES string of the molecule is Cc1cccc(C)c1N(CC(=O)Nc1cccc(OC(C)C)c1)S(C)(=O)=O. The average molecular weight is 391 g/mol. The molecule has 146 valence electrons. The second-order valence-electron chi connectivity index (χ2n) is 6.75. The van der Waals surface area contributed by atoms with Gasteiger partial charge in [-0.3, -0.25) is 9.10 Å². The zero-order chi connectivity index (χ0) is 20.2. The molecule has 27 heavy (non-hydrogen) atoms. The van der Waals surface area contributed by atoms with Gasteiger partial charge >= 0.3 is 0 Å². The lowest BCUT2D eigenvalue weighted by molar-refractivity contribution is -0.114. The third-order valence-corrected chi connectivity index (χ3v) is 4.98. The van der Waals surface area contributed by atoms with E-state index in [9.17, 15) is 13.2 Å². The van der Waals surface area contributed by atoms with Crippen molar-refractivity contribution < 1.29 is 17.9 Å². The van der Waals surface area contributed by atoms with Crippen LogP contribution in [0.2, 0.25) is 0 Å². The summed E-state index contributed by atoms with van der Waals surface area (Å²) in [6.45, 7) is 7.18. The highest BCUT2D eigenvalue weighted by Gasteiger charge is 2.23. The summed E-state index contributed by atoms with van der Waals surface area (Å²) in [5.41, 5.74) is 2.67. The molecule has 2 aromatic rings. The number of ether oxygens (including phenoxy) is 1. The van der Waals surface area contributed by atoms with E-state index in [0.717, 1.165) is 21.7 Å². The number of hydrogen-bond donors (Lipinski definition) is 1. The second-order valence-corrected chi connectivity index (χ2v) is 8.66. The molecule has 0 aliphatic heterocycles. The van der Waals surface area contributed by atoms with Gasteiger partial charge in [-0.25, -0.2) is 8.42 Å². The van der Waals surface area contributed by atoms with Crippen molar-refractivity contribution in [1.29, 1.82) is 0 Å². The van der Waals surface area contributed by atoms with Crippen molar-refractivity contribution in [2.24, 2.45) is 0 Å². The van der Waals surface area contributed by atoms with Crippen molar-refractivity contribution in [3.8, 4) is 5.75 Å². The van der Waals surface area contributed by atoms with Crippen LogP contribution in [-0.2, 0) is 14.8 Å². The van der Waals surface area contributed by atoms with Crippen LogP contribution in [0.3, 0.4) is 0 Å². The van der Waals surface area contributed by atoms with Gasteiger partial charge < -0.3 is 10.1 Å². The first kappa shape index (κ1) is 20.8. The number of sulfonamides is 1. The van der Waals surface area contributed by atoms with Crippen molar-refractivity contribution in [3.63, 3.8) is 0 Å². The molecule has 0 atom stereocenters. The van der Waals surface area contributed by atoms with E-state index in [1.54, 1.807) is 24.3 Å². The van der Waals surface area contributed by atoms with Crippen LogP contribution >= 0.6 is 0 Å². The Morgan fingerprint density at radius 2 is 1.70 bits per heavy atom. The molecule has 2 rings (SSSR count). The number of nitrogens with one attached hydrogen (secondary N) is 1. The number of carbonyl (C=O) groups is 1. The molecule has 0 aliphatic rings. The molecule has 0 spiro atoms. The van der Waals surface area contributed by atoms with Gasteiger partial charge in [0.05, 0.1) is 18.0 Å². The summed E-state index contributed by atoms with van der Waals surface area (Å²) in [7, 11) is -3.63. The van der Waals surface area contributed by atoms with E-state index in [-0.39, 0.29) is 12.6 Å². The van der Waals surface area contributed by atoms with Crippen LogP contribution in [0.1, 0.15) is 25.0 Å². The molecular formula is C20H26N2O4S. The summed E-state index contributed by atoms with van der Waals surface area (Å²) < 4.78 is 31.4. The first-order chi connectivity index (χ1) is 12.6. The van der Waals surface area contributed by atoms with Gasteiger partial charge in [0.25, 0.3) is 0 Å². The van der Waals surface area contributed by atoms with Gasteiger partial charge in [0.15, 0.2) is 0 Å². The van der Waals surface area contributed by atoms with Gasteiger partial charge in [-0.1, -0.05) is 24.3 Å². The van der Waals surface area contributed by atoms with Gasteiger partial charge in [-0.15, -0.1) is 0 Å². The standard InChI is InChI=1S/C20H26N2O4S/c1-14(2)26-18-11-7-10-17(12-18)21-19(23)13-22(27(5,24)25)20-15(3)8-6-9-16(20)4/h6-12,14H,13H2,1-5H3,(H,21,23). The lowest BCUT2D eigenvalue weighted by Crippen LogP contribution is -2.38. The van der Waals surface area contributed by atoms with Crippen LogP contribution in [-0.4, -0.2) is 33.2 Å². The molecule has 0 fully saturated rings. The van der Waals surface area contributed by atoms with E-state index in [1.165, 1.54) is 0 Å². The van der Waals surface area contributed by atoms with Gasteiger partial charge in [-0.05, 0) is 51.0 Å². The molecule has 0 unspecified atom stereocenters. The predicted octanol–water partition coefficient (Wildman–Crippen LogP) is 3.50. The molecular weight excluding hydrogens is 364 g/mol. The van der Waals surface area contributed by atoms with Crippen LogP contribution in [0.15, 0.2) is 42.5 Å². The number of anilines is 2. The zero-order valence-corrected chi connectivity index (χ0v) is 17.1. The molecule has 0 aliphatic carbocycles. The monoisotopic (exact) mass is 390 g/mol. The molecule has 2 aromatic carbocycles. The van der Waals surface area contributed by atoms with Crippen LogP contribution in [0.4, 0.5) is 11.4 Å². The van der Waals surface area contributed by atoms with E-state index in [0.29, 0.717) is 17.1 Å². The number of para-hydroxylation sites is 1. The van der Waals surface area contributed by atoms with E-state index in [2.05, 4.69) is 5.32 Å². The normalized spacial score (nSPS) is 11.3. The van der Waals surface area contributed by atoms with Crippen LogP contribution in [0.5, 0.6) is 5.75 Å². The molecule has 0 radical (unpaired) electrons. The molecule has 0 bridgehead atoms. The van der Waals surface area contributed by atoms with Gasteiger partial charge in [0.2, 0.25) is 15.9 Å². The maximum atomic E-state index is 12.5. The average Bonchev–Trinajstić information content (AvgIpc) is 2.52. The van der Waals surface area contributed by atoms with Crippen molar-refractivity contribution in [3.05, 3.63) is 53.6 Å². The topological polar surface area (TPSA) is 75.7 Å². The largest absolute Gasteiger partial charge is 0.491 e. The number of carbonyl (C=O) groups excluding carboxylic acids is 1. The Labute approximate surface area is 161 Å². The summed E-state index contributed by atoms with van der Waals surface area (Å²) >= 11 is 0. The zero-order valence-electron chi connectivity index (χ0n) is 16.3. The Morgan fingerprint density at radius 1 is 1.11 bits per heavy atom. The van der Waals surface area contributed by atoms with Crippen LogP contribution in [0.25, 0.3) is 0 Å². The first-order valence-electron chi connectivity index (χ1n) is 8.68. The summed E-state index contributed by atoms with van der Waals surface area (Å²) in [5.74, 6) is 0.210. The lowest BCUT2D eigenvalue weighted by Gasteiger charge is -2.25. The number of hydrogen-bond acceptors (Lipinski definition) is 4. The summed E-state index contributed by atoms with van der Waals surface area (Å²) in [4.78, 5) is 12.5. The predicted molar refractivity (Wildman–Crippen MR) is 109 cm³/mol. The number of nitrogens with zero attached hydrogens (tertiary/aromatic N) is 1. The van der Waals surface area contributed by atoms with E-state index in [1.807, 2.05) is 45.9 Å². The molecule has 0 aromatic heterocycles. The van der Waals surface area contributed by atoms with Crippen molar-refractivity contribution in [2.75, 3.05) is 22.4 Å². The highest BCUT2D eigenvalue weighted by Crippen LogP contribution is 2.27. The van der Waals surface area contributed by atoms with Crippen LogP contribution in [0, 0.1) is 13.8 Å². The minimum absolute atomic E-state index is 0.0145. The fraction of sp³-hybridized carbons (Fsp3) is 0.350. The van der Waals surface area contributed by atoms with E-state index >= 15 is 0 Å².